The van der Waals surface area contributed by atoms with Gasteiger partial charge in [0.25, 0.3) is 0 Å². The van der Waals surface area contributed by atoms with Gasteiger partial charge in [0.1, 0.15) is 7.63 Å². The zero-order valence-electron chi connectivity index (χ0n) is 11.6. The van der Waals surface area contributed by atoms with Gasteiger partial charge < -0.3 is 9.66 Å². The molecule has 6 nitrogen and oxygen atoms in total. The second-order valence-electron chi connectivity index (χ2n) is 3.79. The van der Waals surface area contributed by atoms with Gasteiger partial charge in [-0.2, -0.15) is 0 Å². The Morgan fingerprint density at radius 3 is 2.71 bits per heavy atom. The van der Waals surface area contributed by atoms with Crippen LogP contribution in [0, 0.1) is 0 Å². The average molecular weight is 267 g/mol. The van der Waals surface area contributed by atoms with E-state index < -0.39 is 23.9 Å². The highest BCUT2D eigenvalue weighted by atomic mass is 32.2. The Labute approximate surface area is 107 Å². The highest BCUT2D eigenvalue weighted by Crippen LogP contribution is 2.05. The lowest BCUT2D eigenvalue weighted by atomic mass is 10.1. The van der Waals surface area contributed by atoms with Crippen molar-refractivity contribution in [3.63, 3.8) is 0 Å². The first-order valence-electron chi connectivity index (χ1n) is 6.20. The maximum absolute atomic E-state index is 11.1. The van der Waals surface area contributed by atoms with E-state index >= 15 is 0 Å². The van der Waals surface area contributed by atoms with Crippen molar-refractivity contribution < 1.29 is 15.8 Å². The van der Waals surface area contributed by atoms with E-state index in [1.165, 1.54) is 11.3 Å². The van der Waals surface area contributed by atoms with Crippen LogP contribution in [0.1, 0.15) is 28.1 Å². The Kier molecular flexibility index (Phi) is 8.37. The Hall–Kier alpha value is -0.340. The molecule has 3 N–H and O–H groups in total. The van der Waals surface area contributed by atoms with Gasteiger partial charge in [-0.15, -0.1) is 4.72 Å². The molecule has 0 radical (unpaired) electrons. The van der Waals surface area contributed by atoms with Gasteiger partial charge in [-0.25, -0.2) is 5.01 Å². The molecule has 7 heteroatoms. The van der Waals surface area contributed by atoms with Crippen LogP contribution in [0.4, 0.5) is 0 Å². The van der Waals surface area contributed by atoms with E-state index in [0.717, 1.165) is 6.42 Å². The summed E-state index contributed by atoms with van der Waals surface area (Å²) in [5, 5.41) is 11.5. The fourth-order valence-corrected chi connectivity index (χ4v) is 2.23. The molecule has 0 aliphatic rings. The number of amides is 1. The molecule has 1 amide bonds. The van der Waals surface area contributed by atoms with Gasteiger partial charge in [0.2, 0.25) is 6.39 Å². The number of nitrogens with zero attached hydrogens (tertiary/aromatic N) is 1. The Morgan fingerprint density at radius 2 is 2.29 bits per heavy atom. The number of hydrogen-bond acceptors (Lipinski definition) is 5. The first-order valence-corrected chi connectivity index (χ1v) is 7.26. The van der Waals surface area contributed by atoms with Crippen LogP contribution in [-0.4, -0.2) is 52.5 Å². The number of rotatable bonds is 9. The van der Waals surface area contributed by atoms with E-state index in [0.29, 0.717) is 13.0 Å². The first kappa shape index (κ1) is 14.7. The molecule has 0 saturated heterocycles. The van der Waals surface area contributed by atoms with E-state index in [2.05, 4.69) is 10.1 Å². The third-order valence-corrected chi connectivity index (χ3v) is 3.01. The number of carbonyl (C=O) groups excluding carboxylic acids is 1. The van der Waals surface area contributed by atoms with Crippen LogP contribution in [0.3, 0.4) is 0 Å². The molecule has 3 atom stereocenters. The first-order chi connectivity index (χ1) is 8.40. The van der Waals surface area contributed by atoms with Crippen molar-refractivity contribution >= 4 is 17.7 Å². The van der Waals surface area contributed by atoms with Gasteiger partial charge >= 0.3 is 0 Å². The third kappa shape index (κ3) is 7.56. The molecule has 0 aliphatic carbocycles. The van der Waals surface area contributed by atoms with Gasteiger partial charge in [-0.05, 0) is 6.42 Å². The monoisotopic (exact) mass is 267 g/mol. The molecule has 0 aromatic carbocycles. The second kappa shape index (κ2) is 9.67. The van der Waals surface area contributed by atoms with E-state index in [9.17, 15) is 14.5 Å². The average Bonchev–Trinajstić information content (AvgIpc) is 2.26. The van der Waals surface area contributed by atoms with Crippen LogP contribution in [0.5, 0.6) is 0 Å². The summed E-state index contributed by atoms with van der Waals surface area (Å²) in [4.78, 5) is 10.6. The van der Waals surface area contributed by atoms with Gasteiger partial charge in [0, 0.05) is 24.5 Å². The summed E-state index contributed by atoms with van der Waals surface area (Å²) in [5.41, 5.74) is 2.31. The lowest BCUT2D eigenvalue weighted by Gasteiger charge is -2.27. The van der Waals surface area contributed by atoms with Gasteiger partial charge in [-0.1, -0.05) is 20.3 Å². The minimum atomic E-state index is -1.20. The Bertz CT molecular complexity index is 246. The smallest absolute Gasteiger partial charge is 0.221 e. The van der Waals surface area contributed by atoms with Crippen LogP contribution < -0.4 is 10.1 Å². The number of carbonyl (C=O) groups is 1. The number of nitrogens with one attached hydrogen (secondary N) is 2. The molecule has 3 unspecified atom stereocenters. The summed E-state index contributed by atoms with van der Waals surface area (Å²) >= 11 is -1.20. The van der Waals surface area contributed by atoms with Crippen molar-refractivity contribution in [3.05, 3.63) is 0 Å². The lowest BCUT2D eigenvalue weighted by molar-refractivity contribution is -0.114. The van der Waals surface area contributed by atoms with Crippen LogP contribution in [0.15, 0.2) is 0 Å². The highest BCUT2D eigenvalue weighted by molar-refractivity contribution is 7.88. The highest BCUT2D eigenvalue weighted by Gasteiger charge is 2.23. The van der Waals surface area contributed by atoms with Gasteiger partial charge in [0.05, 0.1) is 12.1 Å². The second-order valence-corrected chi connectivity index (χ2v) is 4.93. The number of likely N-dealkylation sites (N-methyl/N-ethyl adjacent to an activating group) is 1. The number of aliphatic hydroxyl groups excluding tert-OH is 1. The van der Waals surface area contributed by atoms with Gasteiger partial charge in [0.15, 0.2) is 0 Å². The number of hydrogen-bond donors (Lipinski definition) is 3. The zero-order chi connectivity index (χ0) is 14.1. The third-order valence-electron chi connectivity index (χ3n) is 2.37. The van der Waals surface area contributed by atoms with Crippen molar-refractivity contribution in [2.45, 2.75) is 38.8 Å². The summed E-state index contributed by atoms with van der Waals surface area (Å²) in [6.45, 7) is 4.46. The normalized spacial score (nSPS) is 17.4. The van der Waals surface area contributed by atoms with Crippen molar-refractivity contribution in [1.29, 1.82) is 0 Å². The molecule has 0 aromatic heterocycles. The largest absolute Gasteiger partial charge is 0.598 e. The predicted octanol–water partition coefficient (Wildman–Crippen LogP) is -0.618. The van der Waals surface area contributed by atoms with E-state index in [1.807, 2.05) is 13.8 Å². The molecule has 0 bridgehead atoms. The summed E-state index contributed by atoms with van der Waals surface area (Å²) in [7, 11) is 0. The van der Waals surface area contributed by atoms with E-state index in [4.69, 9.17) is 1.37 Å². The van der Waals surface area contributed by atoms with E-state index in [-0.39, 0.29) is 12.6 Å². The minimum absolute atomic E-state index is 0.190. The predicted molar refractivity (Wildman–Crippen MR) is 68.4 cm³/mol. The molecule has 0 fully saturated rings. The van der Waals surface area contributed by atoms with Crippen LogP contribution in [0.25, 0.3) is 0 Å². The summed E-state index contributed by atoms with van der Waals surface area (Å²) < 4.78 is 20.8. The van der Waals surface area contributed by atoms with Crippen molar-refractivity contribution in [1.82, 2.24) is 15.2 Å². The van der Waals surface area contributed by atoms with Crippen molar-refractivity contribution in [3.8, 4) is 0 Å². The quantitative estimate of drug-likeness (QED) is 0.294. The standard InChI is InChI=1S/C10H23N3O3S/c1-4-6-9(12-17(3)16)10(15)7-13(5-2)11-8-14/h8-10,12,15H,4-7H2,1-3H3,(H,11,14)/i8T. The summed E-state index contributed by atoms with van der Waals surface area (Å²) in [6, 6.07) is -0.294. The summed E-state index contributed by atoms with van der Waals surface area (Å²) in [5.74, 6) is 0. The molecule has 0 heterocycles. The maximum atomic E-state index is 11.1. The number of aliphatic hydroxyl groups is 1. The Balaban J connectivity index is 4.36. The van der Waals surface area contributed by atoms with Gasteiger partial charge in [-0.3, -0.25) is 10.2 Å². The number of hydrazine groups is 1. The zero-order valence-corrected chi connectivity index (χ0v) is 11.4. The molecule has 0 aliphatic heterocycles. The maximum Gasteiger partial charge on any atom is 0.221 e. The summed E-state index contributed by atoms with van der Waals surface area (Å²) in [6.07, 6.45) is 1.37. The minimum Gasteiger partial charge on any atom is -0.598 e. The molecule has 0 spiro atoms. The fourth-order valence-electron chi connectivity index (χ4n) is 1.53. The Morgan fingerprint density at radius 1 is 1.65 bits per heavy atom. The van der Waals surface area contributed by atoms with Crippen molar-refractivity contribution in [2.75, 3.05) is 19.3 Å². The molecule has 17 heavy (non-hydrogen) atoms. The molecular weight excluding hydrogens is 242 g/mol. The van der Waals surface area contributed by atoms with Crippen LogP contribution in [0.2, 0.25) is 0 Å². The molecule has 0 aromatic rings. The fraction of sp³-hybridized carbons (Fsp3) is 0.900. The van der Waals surface area contributed by atoms with Crippen molar-refractivity contribution in [2.24, 2.45) is 0 Å². The molecule has 0 rings (SSSR count). The molecular formula is C10H23N3O3S. The van der Waals surface area contributed by atoms with E-state index in [1.54, 1.807) is 0 Å². The SMILES string of the molecule is [3H]C(=O)NN(CC)CC(O)C(CCC)N[S+](C)[O-]. The lowest BCUT2D eigenvalue weighted by Crippen LogP contribution is -2.50. The molecule has 102 valence electrons. The van der Waals surface area contributed by atoms with Crippen LogP contribution >= 0.6 is 0 Å². The van der Waals surface area contributed by atoms with Crippen LogP contribution in [-0.2, 0) is 16.2 Å². The molecule has 0 saturated carbocycles. The topological polar surface area (TPSA) is 87.7 Å².